The maximum absolute atomic E-state index is 14.4. The number of nitrogens with one attached hydrogen (secondary N) is 2. The zero-order chi connectivity index (χ0) is 34.7. The molecule has 3 amide bonds. The minimum absolute atomic E-state index is 0. The Morgan fingerprint density at radius 2 is 1.61 bits per heavy atom. The number of para-hydroxylation sites is 3. The second-order valence-electron chi connectivity index (χ2n) is 11.3. The lowest BCUT2D eigenvalue weighted by molar-refractivity contribution is -0.577. The van der Waals surface area contributed by atoms with E-state index in [0.717, 1.165) is 6.20 Å². The quantitative estimate of drug-likeness (QED) is 0.151. The second kappa shape index (κ2) is 14.9. The molecule has 1 aromatic heterocycles. The lowest BCUT2D eigenvalue weighted by Gasteiger charge is -2.27. The topological polar surface area (TPSA) is 135 Å². The average molecular weight is 700 g/mol. The number of halogens is 4. The molecule has 2 N–H and O–H groups in total. The van der Waals surface area contributed by atoms with Crippen LogP contribution in [-0.4, -0.2) is 62.0 Å². The molecule has 4 aromatic rings. The summed E-state index contributed by atoms with van der Waals surface area (Å²) in [6.45, 7) is 0.617. The summed E-state index contributed by atoms with van der Waals surface area (Å²) in [5.74, 6) is -2.30. The number of hydrogen-bond donors (Lipinski definition) is 2. The highest BCUT2D eigenvalue weighted by molar-refractivity contribution is 6.13. The molecule has 0 aliphatic carbocycles. The van der Waals surface area contributed by atoms with Crippen LogP contribution in [0.15, 0.2) is 79.0 Å². The molecule has 0 saturated carbocycles. The number of carbonyl (C=O) groups is 4. The van der Waals surface area contributed by atoms with Crippen molar-refractivity contribution in [3.63, 3.8) is 0 Å². The van der Waals surface area contributed by atoms with E-state index in [1.165, 1.54) is 53.1 Å². The Balaban J connectivity index is 0.00000541. The molecule has 3 aromatic carbocycles. The van der Waals surface area contributed by atoms with Crippen molar-refractivity contribution < 1.29 is 41.8 Å². The van der Waals surface area contributed by atoms with Crippen molar-refractivity contribution in [3.8, 4) is 5.75 Å². The predicted molar refractivity (Wildman–Crippen MR) is 178 cm³/mol. The number of carbonyl (C=O) groups excluding carboxylic acids is 4. The van der Waals surface area contributed by atoms with Crippen LogP contribution in [0, 0.1) is 5.21 Å². The van der Waals surface area contributed by atoms with Gasteiger partial charge in [0.1, 0.15) is 6.04 Å². The lowest BCUT2D eigenvalue weighted by atomic mass is 10.1. The summed E-state index contributed by atoms with van der Waals surface area (Å²) in [5, 5.41) is 18.6. The van der Waals surface area contributed by atoms with E-state index < -0.39 is 48.3 Å². The number of benzene rings is 3. The number of ketones is 1. The van der Waals surface area contributed by atoms with Gasteiger partial charge in [0.15, 0.2) is 18.1 Å². The number of pyridine rings is 1. The third-order valence-corrected chi connectivity index (χ3v) is 8.03. The van der Waals surface area contributed by atoms with E-state index in [2.05, 4.69) is 10.6 Å². The van der Waals surface area contributed by atoms with Crippen LogP contribution < -0.4 is 29.9 Å². The zero-order valence-electron chi connectivity index (χ0n) is 26.6. The summed E-state index contributed by atoms with van der Waals surface area (Å²) in [7, 11) is 1.56. The summed E-state index contributed by atoms with van der Waals surface area (Å²) >= 11 is 0. The van der Waals surface area contributed by atoms with Gasteiger partial charge in [-0.3, -0.25) is 19.2 Å². The molecule has 15 heteroatoms. The minimum atomic E-state index is -4.72. The van der Waals surface area contributed by atoms with Crippen LogP contribution in [0.2, 0.25) is 0 Å². The van der Waals surface area contributed by atoms with Crippen LogP contribution in [0.3, 0.4) is 0 Å². The standard InChI is InChI=1S/C34H32F3N5O6.ClH/c1-20(38-3)31(44)39-26-17-41(32(45)23-14-12-22(13-15-23)21(2)43)29-11-7-6-10-28(29)40(33(26)46)16-25-24-8-4-5-9-27(24)42(47)18-30(25)48-19-34(35,36)37;/h4-15,18,20,26,38H,16-17,19H2,1-3H3,(H,39,44);1H. The number of rotatable bonds is 9. The van der Waals surface area contributed by atoms with Gasteiger partial charge in [0.2, 0.25) is 17.6 Å². The van der Waals surface area contributed by atoms with Gasteiger partial charge in [-0.15, -0.1) is 12.4 Å². The van der Waals surface area contributed by atoms with Crippen LogP contribution in [-0.2, 0) is 16.1 Å². The molecule has 0 radical (unpaired) electrons. The molecule has 0 spiro atoms. The molecule has 0 saturated heterocycles. The van der Waals surface area contributed by atoms with Gasteiger partial charge in [-0.1, -0.05) is 36.4 Å². The third-order valence-electron chi connectivity index (χ3n) is 8.03. The number of ether oxygens (including phenoxy) is 1. The number of Topliss-reactive ketones (excluding diaryl/α,β-unsaturated/α-hetero) is 1. The van der Waals surface area contributed by atoms with Gasteiger partial charge in [0.25, 0.3) is 11.8 Å². The zero-order valence-corrected chi connectivity index (χ0v) is 27.4. The molecular formula is C34H33ClF3N5O6. The first-order valence-electron chi connectivity index (χ1n) is 14.9. The Kier molecular flexibility index (Phi) is 11.1. The van der Waals surface area contributed by atoms with Crippen molar-refractivity contribution in [1.82, 2.24) is 10.6 Å². The highest BCUT2D eigenvalue weighted by Crippen LogP contribution is 2.37. The lowest BCUT2D eigenvalue weighted by Crippen LogP contribution is -2.55. The molecule has 0 bridgehead atoms. The SMILES string of the molecule is CNC(C)C(=O)NC1CN(C(=O)c2ccc(C(C)=O)cc2)c2ccccc2N(Cc2c(OCC(F)(F)F)c[n+]([O-])c3ccccc23)C1=O.Cl. The van der Waals surface area contributed by atoms with E-state index in [-0.39, 0.29) is 64.7 Å². The molecule has 258 valence electrons. The predicted octanol–water partition coefficient (Wildman–Crippen LogP) is 4.33. The summed E-state index contributed by atoms with van der Waals surface area (Å²) in [4.78, 5) is 56.0. The number of nitrogens with zero attached hydrogens (tertiary/aromatic N) is 3. The Morgan fingerprint density at radius 1 is 1.00 bits per heavy atom. The van der Waals surface area contributed by atoms with E-state index in [1.54, 1.807) is 50.4 Å². The number of likely N-dealkylation sites (N-methyl/N-ethyl adjacent to an activating group) is 1. The fourth-order valence-corrected chi connectivity index (χ4v) is 5.39. The van der Waals surface area contributed by atoms with Crippen LogP contribution in [0.5, 0.6) is 5.75 Å². The van der Waals surface area contributed by atoms with E-state index >= 15 is 0 Å². The Morgan fingerprint density at radius 3 is 2.24 bits per heavy atom. The van der Waals surface area contributed by atoms with E-state index in [9.17, 15) is 37.6 Å². The fourth-order valence-electron chi connectivity index (χ4n) is 5.39. The minimum Gasteiger partial charge on any atom is -0.618 e. The van der Waals surface area contributed by atoms with Crippen molar-refractivity contribution in [3.05, 3.63) is 101 Å². The monoisotopic (exact) mass is 699 g/mol. The summed E-state index contributed by atoms with van der Waals surface area (Å²) in [6, 6.07) is 16.6. The Bertz CT molecular complexity index is 1890. The molecule has 0 fully saturated rings. The largest absolute Gasteiger partial charge is 0.618 e. The number of amides is 3. The first kappa shape index (κ1) is 36.6. The molecule has 49 heavy (non-hydrogen) atoms. The summed E-state index contributed by atoms with van der Waals surface area (Å²) in [6.07, 6.45) is -3.84. The first-order valence-corrected chi connectivity index (χ1v) is 14.9. The van der Waals surface area contributed by atoms with Gasteiger partial charge >= 0.3 is 6.18 Å². The number of fused-ring (bicyclic) bond motifs is 2. The Hall–Kier alpha value is -5.21. The number of alkyl halides is 3. The van der Waals surface area contributed by atoms with Gasteiger partial charge in [0.05, 0.1) is 35.9 Å². The normalized spacial score (nSPS) is 15.1. The van der Waals surface area contributed by atoms with Gasteiger partial charge in [-0.05, 0) is 51.2 Å². The van der Waals surface area contributed by atoms with E-state index in [1.807, 2.05) is 0 Å². The van der Waals surface area contributed by atoms with Gasteiger partial charge in [-0.25, -0.2) is 0 Å². The van der Waals surface area contributed by atoms with Gasteiger partial charge in [0, 0.05) is 22.8 Å². The average Bonchev–Trinajstić information content (AvgIpc) is 3.18. The number of hydrogen-bond acceptors (Lipinski definition) is 7. The number of anilines is 2. The maximum Gasteiger partial charge on any atom is 0.422 e. The second-order valence-corrected chi connectivity index (χ2v) is 11.3. The van der Waals surface area contributed by atoms with Crippen LogP contribution in [0.4, 0.5) is 24.5 Å². The van der Waals surface area contributed by atoms with E-state index in [0.29, 0.717) is 10.3 Å². The molecule has 2 unspecified atom stereocenters. The summed E-state index contributed by atoms with van der Waals surface area (Å²) in [5.41, 5.74) is 1.34. The molecule has 2 atom stereocenters. The smallest absolute Gasteiger partial charge is 0.422 e. The molecule has 11 nitrogen and oxygen atoms in total. The molecular weight excluding hydrogens is 667 g/mol. The maximum atomic E-state index is 14.4. The molecule has 1 aliphatic rings. The van der Waals surface area contributed by atoms with Crippen LogP contribution in [0.25, 0.3) is 10.9 Å². The van der Waals surface area contributed by atoms with Crippen molar-refractivity contribution in [2.75, 3.05) is 30.0 Å². The first-order chi connectivity index (χ1) is 22.8. The fraction of sp³-hybridized carbons (Fsp3) is 0.265. The van der Waals surface area contributed by atoms with Crippen LogP contribution >= 0.6 is 12.4 Å². The molecule has 1 aliphatic heterocycles. The molecule has 5 rings (SSSR count). The summed E-state index contributed by atoms with van der Waals surface area (Å²) < 4.78 is 45.3. The highest BCUT2D eigenvalue weighted by atomic mass is 35.5. The van der Waals surface area contributed by atoms with Crippen molar-refractivity contribution in [2.24, 2.45) is 0 Å². The number of aromatic nitrogens is 1. The third kappa shape index (κ3) is 7.92. The van der Waals surface area contributed by atoms with Gasteiger partial charge < -0.3 is 30.4 Å². The molecule has 2 heterocycles. The van der Waals surface area contributed by atoms with Crippen molar-refractivity contribution >= 4 is 58.2 Å². The highest BCUT2D eigenvalue weighted by Gasteiger charge is 2.39. The van der Waals surface area contributed by atoms with Gasteiger partial charge in [-0.2, -0.15) is 17.9 Å². The van der Waals surface area contributed by atoms with Crippen molar-refractivity contribution in [2.45, 2.75) is 38.7 Å². The van der Waals surface area contributed by atoms with Crippen molar-refractivity contribution in [1.29, 1.82) is 0 Å². The Labute approximate surface area is 285 Å². The van der Waals surface area contributed by atoms with Crippen LogP contribution in [0.1, 0.15) is 40.1 Å². The van der Waals surface area contributed by atoms with E-state index in [4.69, 9.17) is 4.74 Å².